The maximum Gasteiger partial charge on any atom is 0.326 e. The molecule has 0 saturated carbocycles. The molecule has 4 N–H and O–H groups in total. The van der Waals surface area contributed by atoms with Gasteiger partial charge in [-0.25, -0.2) is 4.79 Å². The van der Waals surface area contributed by atoms with Crippen molar-refractivity contribution in [2.75, 3.05) is 0 Å². The molecular formula is C23H38N2O4. The summed E-state index contributed by atoms with van der Waals surface area (Å²) >= 11 is 0. The van der Waals surface area contributed by atoms with Gasteiger partial charge in [-0.15, -0.1) is 0 Å². The molecule has 6 nitrogen and oxygen atoms in total. The summed E-state index contributed by atoms with van der Waals surface area (Å²) in [6, 6.07) is -1.05. The number of carbonyl (C=O) groups excluding carboxylic acids is 2. The van der Waals surface area contributed by atoms with Crippen molar-refractivity contribution in [3.8, 4) is 0 Å². The van der Waals surface area contributed by atoms with Crippen LogP contribution in [-0.2, 0) is 14.4 Å². The van der Waals surface area contributed by atoms with Crippen molar-refractivity contribution >= 4 is 17.8 Å². The smallest absolute Gasteiger partial charge is 0.326 e. The van der Waals surface area contributed by atoms with E-state index >= 15 is 0 Å². The van der Waals surface area contributed by atoms with Gasteiger partial charge in [0.25, 0.3) is 0 Å². The van der Waals surface area contributed by atoms with Crippen molar-refractivity contribution in [3.63, 3.8) is 0 Å². The number of carbonyl (C=O) groups is 3. The molecule has 29 heavy (non-hydrogen) atoms. The van der Waals surface area contributed by atoms with Crippen LogP contribution in [0.4, 0.5) is 0 Å². The first-order chi connectivity index (χ1) is 14.0. The fourth-order valence-electron chi connectivity index (χ4n) is 2.72. The molecule has 0 rings (SSSR count). The van der Waals surface area contributed by atoms with Crippen LogP contribution in [0.2, 0.25) is 0 Å². The Hall–Kier alpha value is -2.37. The van der Waals surface area contributed by atoms with E-state index in [1.54, 1.807) is 0 Å². The Balaban J connectivity index is 3.65. The van der Waals surface area contributed by atoms with E-state index in [1.807, 2.05) is 0 Å². The zero-order valence-electron chi connectivity index (χ0n) is 17.8. The van der Waals surface area contributed by atoms with Crippen molar-refractivity contribution in [2.45, 2.75) is 90.0 Å². The predicted octanol–water partition coefficient (Wildman–Crippen LogP) is 4.41. The lowest BCUT2D eigenvalue weighted by Crippen LogP contribution is -2.41. The quantitative estimate of drug-likeness (QED) is 0.231. The molecule has 0 aliphatic carbocycles. The highest BCUT2D eigenvalue weighted by Crippen LogP contribution is 2.08. The van der Waals surface area contributed by atoms with Crippen LogP contribution in [0.25, 0.3) is 0 Å². The minimum absolute atomic E-state index is 0.0234. The van der Waals surface area contributed by atoms with Gasteiger partial charge in [-0.1, -0.05) is 62.6 Å². The topological polar surface area (TPSA) is 109 Å². The molecule has 1 unspecified atom stereocenters. The van der Waals surface area contributed by atoms with E-state index in [4.69, 9.17) is 10.8 Å². The zero-order valence-corrected chi connectivity index (χ0v) is 17.8. The minimum atomic E-state index is -1.14. The molecule has 0 aliphatic heterocycles. The second kappa shape index (κ2) is 19.0. The lowest BCUT2D eigenvalue weighted by molar-refractivity contribution is -0.142. The Morgan fingerprint density at radius 1 is 0.862 bits per heavy atom. The molecule has 0 bridgehead atoms. The van der Waals surface area contributed by atoms with Crippen LogP contribution in [0.3, 0.4) is 0 Å². The van der Waals surface area contributed by atoms with E-state index in [-0.39, 0.29) is 18.7 Å². The highest BCUT2D eigenvalue weighted by molar-refractivity contribution is 5.84. The van der Waals surface area contributed by atoms with Crippen LogP contribution in [0.1, 0.15) is 84.0 Å². The van der Waals surface area contributed by atoms with Gasteiger partial charge in [-0.2, -0.15) is 0 Å². The third-order valence-corrected chi connectivity index (χ3v) is 4.37. The molecular weight excluding hydrogens is 368 g/mol. The van der Waals surface area contributed by atoms with Crippen molar-refractivity contribution in [3.05, 3.63) is 36.5 Å². The van der Waals surface area contributed by atoms with Gasteiger partial charge in [0.05, 0.1) is 0 Å². The summed E-state index contributed by atoms with van der Waals surface area (Å²) in [5, 5.41) is 11.5. The average Bonchev–Trinajstić information content (AvgIpc) is 2.67. The Kier molecular flexibility index (Phi) is 17.4. The van der Waals surface area contributed by atoms with E-state index < -0.39 is 17.9 Å². The van der Waals surface area contributed by atoms with Gasteiger partial charge in [0, 0.05) is 12.8 Å². The van der Waals surface area contributed by atoms with Crippen LogP contribution in [0.5, 0.6) is 0 Å². The molecule has 0 aliphatic rings. The molecule has 1 atom stereocenters. The number of unbranched alkanes of at least 4 members (excludes halogenated alkanes) is 5. The number of hydrogen-bond acceptors (Lipinski definition) is 3. The standard InChI is InChI=1S/C23H38N2O4/c1-2-3-4-5-6-7-8-9-10-11-12-13-14-15-16-17-22(27)25-20(23(28)29)18-19-21(24)26/h3-4,6-7,9-10,20H,2,5,8,11-19H2,1H3,(H2,24,26)(H,25,27)(H,28,29)/b4-3+,7-6+,10-9+. The summed E-state index contributed by atoms with van der Waals surface area (Å²) in [5.74, 6) is -2.00. The first-order valence-corrected chi connectivity index (χ1v) is 10.7. The van der Waals surface area contributed by atoms with Gasteiger partial charge in [-0.3, -0.25) is 9.59 Å². The van der Waals surface area contributed by atoms with E-state index in [0.29, 0.717) is 6.42 Å². The summed E-state index contributed by atoms with van der Waals surface area (Å²) in [6.45, 7) is 2.13. The summed E-state index contributed by atoms with van der Waals surface area (Å²) < 4.78 is 0. The van der Waals surface area contributed by atoms with Crippen LogP contribution in [0, 0.1) is 0 Å². The second-order valence-electron chi connectivity index (χ2n) is 7.06. The van der Waals surface area contributed by atoms with Crippen LogP contribution in [-0.4, -0.2) is 28.9 Å². The van der Waals surface area contributed by atoms with Crippen molar-refractivity contribution in [1.29, 1.82) is 0 Å². The first-order valence-electron chi connectivity index (χ1n) is 10.7. The molecule has 0 saturated heterocycles. The number of amides is 2. The third kappa shape index (κ3) is 18.7. The maximum absolute atomic E-state index is 11.8. The summed E-state index contributed by atoms with van der Waals surface area (Å²) in [6.07, 6.45) is 22.6. The average molecular weight is 407 g/mol. The highest BCUT2D eigenvalue weighted by Gasteiger charge is 2.20. The monoisotopic (exact) mass is 406 g/mol. The summed E-state index contributed by atoms with van der Waals surface area (Å²) in [7, 11) is 0. The van der Waals surface area contributed by atoms with Crippen molar-refractivity contribution < 1.29 is 19.5 Å². The molecule has 2 amide bonds. The number of primary amides is 1. The number of allylic oxidation sites excluding steroid dienone is 6. The minimum Gasteiger partial charge on any atom is -0.480 e. The number of carboxylic acid groups (broad SMARTS) is 1. The van der Waals surface area contributed by atoms with Gasteiger partial charge in [-0.05, 0) is 44.9 Å². The van der Waals surface area contributed by atoms with Gasteiger partial charge in [0.2, 0.25) is 11.8 Å². The Bertz CT molecular complexity index is 553. The molecule has 164 valence electrons. The first kappa shape index (κ1) is 26.6. The summed E-state index contributed by atoms with van der Waals surface area (Å²) in [4.78, 5) is 33.7. The van der Waals surface area contributed by atoms with E-state index in [9.17, 15) is 14.4 Å². The molecule has 0 aromatic heterocycles. The fraction of sp³-hybridized carbons (Fsp3) is 0.609. The van der Waals surface area contributed by atoms with Gasteiger partial charge >= 0.3 is 5.97 Å². The second-order valence-corrected chi connectivity index (χ2v) is 7.06. The number of hydrogen-bond donors (Lipinski definition) is 3. The van der Waals surface area contributed by atoms with E-state index in [2.05, 4.69) is 48.7 Å². The number of aliphatic carboxylic acids is 1. The summed E-state index contributed by atoms with van der Waals surface area (Å²) in [5.41, 5.74) is 5.02. The number of rotatable bonds is 18. The SMILES string of the molecule is CC/C=C/C/C=C/C/C=C/CCCCCCCC(=O)NC(CCC(N)=O)C(=O)O. The van der Waals surface area contributed by atoms with Crippen LogP contribution >= 0.6 is 0 Å². The molecule has 0 heterocycles. The van der Waals surface area contributed by atoms with Gasteiger partial charge in [0.15, 0.2) is 0 Å². The molecule has 0 spiro atoms. The number of nitrogens with two attached hydrogens (primary N) is 1. The van der Waals surface area contributed by atoms with Crippen molar-refractivity contribution in [2.24, 2.45) is 5.73 Å². The van der Waals surface area contributed by atoms with Crippen LogP contribution in [0.15, 0.2) is 36.5 Å². The van der Waals surface area contributed by atoms with Crippen molar-refractivity contribution in [1.82, 2.24) is 5.32 Å². The Labute approximate surface area is 175 Å². The molecule has 0 aromatic rings. The molecule has 0 radical (unpaired) electrons. The van der Waals surface area contributed by atoms with Gasteiger partial charge in [0.1, 0.15) is 6.04 Å². The molecule has 6 heteroatoms. The third-order valence-electron chi connectivity index (χ3n) is 4.37. The maximum atomic E-state index is 11.8. The predicted molar refractivity (Wildman–Crippen MR) is 117 cm³/mol. The molecule has 0 aromatic carbocycles. The lowest BCUT2D eigenvalue weighted by atomic mass is 10.1. The van der Waals surface area contributed by atoms with Gasteiger partial charge < -0.3 is 16.2 Å². The fourth-order valence-corrected chi connectivity index (χ4v) is 2.72. The number of carboxylic acids is 1. The number of nitrogens with one attached hydrogen (secondary N) is 1. The van der Waals surface area contributed by atoms with Crippen LogP contribution < -0.4 is 11.1 Å². The van der Waals surface area contributed by atoms with E-state index in [1.165, 1.54) is 0 Å². The Morgan fingerprint density at radius 3 is 2.07 bits per heavy atom. The Morgan fingerprint density at radius 2 is 1.45 bits per heavy atom. The molecule has 0 fully saturated rings. The zero-order chi connectivity index (χ0) is 21.7. The largest absolute Gasteiger partial charge is 0.480 e. The normalized spacial score (nSPS) is 12.7. The lowest BCUT2D eigenvalue weighted by Gasteiger charge is -2.13. The van der Waals surface area contributed by atoms with E-state index in [0.717, 1.165) is 57.8 Å². The highest BCUT2D eigenvalue weighted by atomic mass is 16.4.